The number of ether oxygens (including phenoxy) is 1. The van der Waals surface area contributed by atoms with E-state index >= 15 is 0 Å². The highest BCUT2D eigenvalue weighted by atomic mass is 16.5. The van der Waals surface area contributed by atoms with E-state index in [0.29, 0.717) is 25.1 Å². The van der Waals surface area contributed by atoms with Gasteiger partial charge in [-0.05, 0) is 35.6 Å². The number of carbonyl (C=O) groups excluding carboxylic acids is 2. The van der Waals surface area contributed by atoms with Gasteiger partial charge in [-0.25, -0.2) is 0 Å². The summed E-state index contributed by atoms with van der Waals surface area (Å²) in [5.41, 5.74) is 1.85. The molecular formula is C23H20N2O3. The van der Waals surface area contributed by atoms with Crippen molar-refractivity contribution in [3.63, 3.8) is 0 Å². The minimum Gasteiger partial charge on any atom is -0.496 e. The van der Waals surface area contributed by atoms with Gasteiger partial charge in [0.05, 0.1) is 12.5 Å². The molecule has 5 heteroatoms. The van der Waals surface area contributed by atoms with Crippen LogP contribution in [0.1, 0.15) is 22.3 Å². The van der Waals surface area contributed by atoms with Gasteiger partial charge in [0.2, 0.25) is 5.91 Å². The smallest absolute Gasteiger partial charge is 0.254 e. The van der Waals surface area contributed by atoms with Crippen molar-refractivity contribution in [2.24, 2.45) is 0 Å². The summed E-state index contributed by atoms with van der Waals surface area (Å²) in [4.78, 5) is 28.0. The molecule has 3 aromatic rings. The van der Waals surface area contributed by atoms with Crippen molar-refractivity contribution in [2.45, 2.75) is 11.8 Å². The van der Waals surface area contributed by atoms with Crippen molar-refractivity contribution < 1.29 is 14.3 Å². The van der Waals surface area contributed by atoms with Gasteiger partial charge in [0, 0.05) is 29.7 Å². The highest BCUT2D eigenvalue weighted by Crippen LogP contribution is 2.44. The topological polar surface area (TPSA) is 58.6 Å². The lowest BCUT2D eigenvalue weighted by Crippen LogP contribution is -2.39. The highest BCUT2D eigenvalue weighted by molar-refractivity contribution is 6.10. The average molecular weight is 372 g/mol. The third-order valence-electron chi connectivity index (χ3n) is 6.02. The van der Waals surface area contributed by atoms with Crippen LogP contribution in [-0.4, -0.2) is 36.9 Å². The normalized spacial score (nSPS) is 20.5. The Kier molecular flexibility index (Phi) is 3.66. The van der Waals surface area contributed by atoms with Crippen molar-refractivity contribution in [3.8, 4) is 5.75 Å². The Hall–Kier alpha value is -3.34. The van der Waals surface area contributed by atoms with Crippen LogP contribution >= 0.6 is 0 Å². The molecule has 1 fully saturated rings. The minimum absolute atomic E-state index is 0.0106. The number of carbonyl (C=O) groups is 2. The Balaban J connectivity index is 1.52. The predicted octanol–water partition coefficient (Wildman–Crippen LogP) is 3.58. The van der Waals surface area contributed by atoms with E-state index in [1.807, 2.05) is 60.7 Å². The van der Waals surface area contributed by atoms with Gasteiger partial charge in [0.15, 0.2) is 0 Å². The number of methoxy groups -OCH3 is 1. The van der Waals surface area contributed by atoms with Crippen LogP contribution < -0.4 is 10.1 Å². The van der Waals surface area contributed by atoms with Crippen molar-refractivity contribution in [1.29, 1.82) is 0 Å². The Morgan fingerprint density at radius 3 is 2.61 bits per heavy atom. The van der Waals surface area contributed by atoms with Crippen LogP contribution in [0.3, 0.4) is 0 Å². The molecule has 5 rings (SSSR count). The van der Waals surface area contributed by atoms with Gasteiger partial charge in [-0.3, -0.25) is 9.59 Å². The zero-order valence-corrected chi connectivity index (χ0v) is 15.6. The van der Waals surface area contributed by atoms with Crippen molar-refractivity contribution in [2.75, 3.05) is 25.5 Å². The maximum Gasteiger partial charge on any atom is 0.254 e. The Morgan fingerprint density at radius 1 is 1.04 bits per heavy atom. The number of fused-ring (bicyclic) bond motifs is 3. The van der Waals surface area contributed by atoms with Crippen LogP contribution in [0.15, 0.2) is 60.7 Å². The molecular weight excluding hydrogens is 352 g/mol. The molecule has 5 nitrogen and oxygen atoms in total. The molecule has 0 bridgehead atoms. The SMILES string of the molecule is COc1ccc(C(=O)N2CCC3(C2)C(=O)Nc2ccccc23)c2ccccc12. The molecule has 3 aromatic carbocycles. The summed E-state index contributed by atoms with van der Waals surface area (Å²) in [6.45, 7) is 0.954. The first kappa shape index (κ1) is 16.8. The summed E-state index contributed by atoms with van der Waals surface area (Å²) in [5.74, 6) is 0.686. The third kappa shape index (κ3) is 2.26. The minimum atomic E-state index is -0.644. The number of para-hydroxylation sites is 1. The molecule has 1 unspecified atom stereocenters. The first-order valence-corrected chi connectivity index (χ1v) is 9.40. The van der Waals surface area contributed by atoms with E-state index in [2.05, 4.69) is 5.32 Å². The van der Waals surface area contributed by atoms with Crippen LogP contribution in [-0.2, 0) is 10.2 Å². The monoisotopic (exact) mass is 372 g/mol. The molecule has 0 aromatic heterocycles. The van der Waals surface area contributed by atoms with Gasteiger partial charge in [-0.2, -0.15) is 0 Å². The molecule has 2 heterocycles. The fourth-order valence-electron chi connectivity index (χ4n) is 4.57. The van der Waals surface area contributed by atoms with Crippen LogP contribution in [0.2, 0.25) is 0 Å². The fourth-order valence-corrected chi connectivity index (χ4v) is 4.57. The molecule has 2 aliphatic rings. The molecule has 1 saturated heterocycles. The van der Waals surface area contributed by atoms with Gasteiger partial charge in [-0.1, -0.05) is 42.5 Å². The van der Waals surface area contributed by atoms with Gasteiger partial charge in [0.1, 0.15) is 5.75 Å². The largest absolute Gasteiger partial charge is 0.496 e. The van der Waals surface area contributed by atoms with E-state index < -0.39 is 5.41 Å². The Bertz CT molecular complexity index is 1120. The molecule has 2 amide bonds. The fraction of sp³-hybridized carbons (Fsp3) is 0.217. The quantitative estimate of drug-likeness (QED) is 0.748. The number of rotatable bonds is 2. The van der Waals surface area contributed by atoms with E-state index in [0.717, 1.165) is 27.8 Å². The first-order valence-electron chi connectivity index (χ1n) is 9.40. The summed E-state index contributed by atoms with van der Waals surface area (Å²) in [7, 11) is 1.63. The van der Waals surface area contributed by atoms with Crippen LogP contribution in [0.4, 0.5) is 5.69 Å². The molecule has 0 saturated carbocycles. The summed E-state index contributed by atoms with van der Waals surface area (Å²) < 4.78 is 5.44. The van der Waals surface area contributed by atoms with Gasteiger partial charge < -0.3 is 15.0 Å². The highest BCUT2D eigenvalue weighted by Gasteiger charge is 2.52. The maximum atomic E-state index is 13.4. The third-order valence-corrected chi connectivity index (χ3v) is 6.02. The summed E-state index contributed by atoms with van der Waals surface area (Å²) in [6.07, 6.45) is 0.635. The molecule has 1 spiro atoms. The van der Waals surface area contributed by atoms with Crippen molar-refractivity contribution >= 4 is 28.3 Å². The summed E-state index contributed by atoms with van der Waals surface area (Å²) in [5, 5.41) is 4.76. The summed E-state index contributed by atoms with van der Waals surface area (Å²) >= 11 is 0. The number of hydrogen-bond donors (Lipinski definition) is 1. The number of amides is 2. The molecule has 0 aliphatic carbocycles. The standard InChI is InChI=1S/C23H20N2O3/c1-28-20-11-10-17(15-6-2-3-7-16(15)20)21(26)25-13-12-23(14-25)18-8-4-5-9-19(18)24-22(23)27/h2-11H,12-14H2,1H3,(H,24,27). The second-order valence-corrected chi connectivity index (χ2v) is 7.42. The number of anilines is 1. The van der Waals surface area contributed by atoms with Crippen molar-refractivity contribution in [1.82, 2.24) is 4.90 Å². The van der Waals surface area contributed by atoms with E-state index in [-0.39, 0.29) is 11.8 Å². The van der Waals surface area contributed by atoms with Crippen LogP contribution in [0.5, 0.6) is 5.75 Å². The number of nitrogens with zero attached hydrogens (tertiary/aromatic N) is 1. The van der Waals surface area contributed by atoms with Crippen LogP contribution in [0, 0.1) is 0 Å². The molecule has 1 N–H and O–H groups in total. The van der Waals surface area contributed by atoms with E-state index in [1.54, 1.807) is 12.0 Å². The molecule has 0 radical (unpaired) electrons. The molecule has 140 valence electrons. The van der Waals surface area contributed by atoms with E-state index in [4.69, 9.17) is 4.74 Å². The zero-order chi connectivity index (χ0) is 19.3. The predicted molar refractivity (Wildman–Crippen MR) is 108 cm³/mol. The van der Waals surface area contributed by atoms with E-state index in [1.165, 1.54) is 0 Å². The maximum absolute atomic E-state index is 13.4. The first-order chi connectivity index (χ1) is 13.6. The van der Waals surface area contributed by atoms with Gasteiger partial charge >= 0.3 is 0 Å². The Morgan fingerprint density at radius 2 is 1.79 bits per heavy atom. The Labute approximate surface area is 162 Å². The van der Waals surface area contributed by atoms with Crippen molar-refractivity contribution in [3.05, 3.63) is 71.8 Å². The number of likely N-dealkylation sites (tertiary alicyclic amines) is 1. The van der Waals surface area contributed by atoms with E-state index in [9.17, 15) is 9.59 Å². The van der Waals surface area contributed by atoms with Gasteiger partial charge in [0.25, 0.3) is 5.91 Å². The summed E-state index contributed by atoms with van der Waals surface area (Å²) in [6, 6.07) is 19.2. The average Bonchev–Trinajstić information content (AvgIpc) is 3.30. The molecule has 2 aliphatic heterocycles. The number of nitrogens with one attached hydrogen (secondary N) is 1. The number of benzene rings is 3. The lowest BCUT2D eigenvalue weighted by Gasteiger charge is -2.23. The van der Waals surface area contributed by atoms with Gasteiger partial charge in [-0.15, -0.1) is 0 Å². The number of hydrogen-bond acceptors (Lipinski definition) is 3. The van der Waals surface area contributed by atoms with Crippen LogP contribution in [0.25, 0.3) is 10.8 Å². The lowest BCUT2D eigenvalue weighted by molar-refractivity contribution is -0.120. The second kappa shape index (κ2) is 6.09. The molecule has 1 atom stereocenters. The second-order valence-electron chi connectivity index (χ2n) is 7.42. The lowest BCUT2D eigenvalue weighted by atomic mass is 9.81. The molecule has 28 heavy (non-hydrogen) atoms. The zero-order valence-electron chi connectivity index (χ0n) is 15.6.